The lowest BCUT2D eigenvalue weighted by atomic mass is 9.55. The number of aryl methyl sites for hydroxylation is 1. The minimum atomic E-state index is -0.0248. The van der Waals surface area contributed by atoms with Crippen LogP contribution in [0.2, 0.25) is 0 Å². The Bertz CT molecular complexity index is 993. The van der Waals surface area contributed by atoms with Crippen LogP contribution in [0.3, 0.4) is 0 Å². The number of rotatable bonds is 4. The summed E-state index contributed by atoms with van der Waals surface area (Å²) in [5.41, 5.74) is 4.28. The van der Waals surface area contributed by atoms with Crippen LogP contribution >= 0.6 is 0 Å². The molecule has 4 aliphatic carbocycles. The van der Waals surface area contributed by atoms with E-state index in [0.717, 1.165) is 76.9 Å². The molecule has 1 heterocycles. The molecular weight excluding hydrogens is 436 g/mol. The molecule has 4 unspecified atom stereocenters. The quantitative estimate of drug-likeness (QED) is 0.634. The van der Waals surface area contributed by atoms with Crippen LogP contribution in [0.25, 0.3) is 0 Å². The normalized spacial score (nSPS) is 31.3. The van der Waals surface area contributed by atoms with Crippen LogP contribution in [-0.4, -0.2) is 49.9 Å². The maximum absolute atomic E-state index is 12.5. The first-order valence-electron chi connectivity index (χ1n) is 13.6. The average molecular weight is 477 g/mol. The number of amides is 1. The summed E-state index contributed by atoms with van der Waals surface area (Å²) in [4.78, 5) is 24.3. The van der Waals surface area contributed by atoms with Crippen molar-refractivity contribution in [2.45, 2.75) is 64.2 Å². The number of ketones is 1. The summed E-state index contributed by atoms with van der Waals surface area (Å²) in [6, 6.07) is 6.78. The maximum Gasteiger partial charge on any atom is 0.209 e. The molecule has 1 amide bonds. The fourth-order valence-corrected chi connectivity index (χ4v) is 7.15. The van der Waals surface area contributed by atoms with E-state index in [9.17, 15) is 9.59 Å². The second-order valence-electron chi connectivity index (χ2n) is 11.1. The highest BCUT2D eigenvalue weighted by Gasteiger charge is 2.54. The first-order chi connectivity index (χ1) is 17.1. The van der Waals surface area contributed by atoms with Crippen molar-refractivity contribution in [2.75, 3.05) is 32.8 Å². The van der Waals surface area contributed by atoms with Crippen LogP contribution in [0.5, 0.6) is 5.75 Å². The van der Waals surface area contributed by atoms with Gasteiger partial charge in [0.1, 0.15) is 18.1 Å². The predicted octanol–water partition coefficient (Wildman–Crippen LogP) is 4.82. The molecular formula is C30H40N2O3. The second-order valence-corrected chi connectivity index (χ2v) is 11.1. The highest BCUT2D eigenvalue weighted by atomic mass is 16.5. The Hall–Kier alpha value is -2.40. The molecule has 2 saturated carbocycles. The average Bonchev–Trinajstić information content (AvgIpc) is 3.22. The maximum atomic E-state index is 12.5. The molecule has 35 heavy (non-hydrogen) atoms. The Labute approximate surface area is 210 Å². The van der Waals surface area contributed by atoms with Crippen molar-refractivity contribution in [1.82, 2.24) is 10.2 Å². The predicted molar refractivity (Wildman–Crippen MR) is 139 cm³/mol. The van der Waals surface area contributed by atoms with Crippen molar-refractivity contribution in [2.24, 2.45) is 17.3 Å². The number of nitrogens with zero attached hydrogens (tertiary/aromatic N) is 1. The monoisotopic (exact) mass is 476 g/mol. The molecule has 0 spiro atoms. The third-order valence-corrected chi connectivity index (χ3v) is 9.18. The number of carbonyl (C=O) groups is 2. The van der Waals surface area contributed by atoms with Gasteiger partial charge in [0.25, 0.3) is 0 Å². The number of fused-ring (bicyclic) bond motifs is 5. The number of hydrogen-bond acceptors (Lipinski definition) is 4. The van der Waals surface area contributed by atoms with Crippen molar-refractivity contribution in [1.29, 1.82) is 0 Å². The first kappa shape index (κ1) is 24.3. The third kappa shape index (κ3) is 5.11. The minimum absolute atomic E-state index is 0.0248. The van der Waals surface area contributed by atoms with Crippen LogP contribution in [0.1, 0.15) is 68.9 Å². The van der Waals surface area contributed by atoms with Crippen molar-refractivity contribution in [3.05, 3.63) is 53.1 Å². The highest BCUT2D eigenvalue weighted by Crippen LogP contribution is 2.59. The number of benzene rings is 1. The van der Waals surface area contributed by atoms with Gasteiger partial charge in [-0.15, -0.1) is 0 Å². The number of carbonyl (C=O) groups excluding carboxylic acids is 2. The molecule has 0 aromatic heterocycles. The molecule has 6 rings (SSSR count). The van der Waals surface area contributed by atoms with Crippen molar-refractivity contribution in [3.8, 4) is 5.75 Å². The Kier molecular flexibility index (Phi) is 7.43. The van der Waals surface area contributed by atoms with E-state index in [1.54, 1.807) is 4.90 Å². The fourth-order valence-electron chi connectivity index (χ4n) is 7.15. The Balaban J connectivity index is 0.000000271. The summed E-state index contributed by atoms with van der Waals surface area (Å²) >= 11 is 0. The summed E-state index contributed by atoms with van der Waals surface area (Å²) in [6.45, 7) is 6.54. The van der Waals surface area contributed by atoms with E-state index in [1.807, 2.05) is 0 Å². The molecule has 0 radical (unpaired) electrons. The van der Waals surface area contributed by atoms with Gasteiger partial charge in [0.2, 0.25) is 6.41 Å². The SMILES string of the molecule is CC12CCC3c4ccc(OCC5=CCCC=C5)cc4CCC3C1CCC2=O.O=CN1CCNCC1. The van der Waals surface area contributed by atoms with E-state index in [1.165, 1.54) is 29.5 Å². The van der Waals surface area contributed by atoms with Gasteiger partial charge in [0, 0.05) is 38.0 Å². The topological polar surface area (TPSA) is 58.6 Å². The van der Waals surface area contributed by atoms with E-state index >= 15 is 0 Å². The fraction of sp³-hybridized carbons (Fsp3) is 0.600. The van der Waals surface area contributed by atoms with Gasteiger partial charge in [-0.3, -0.25) is 9.59 Å². The molecule has 3 fully saturated rings. The van der Waals surface area contributed by atoms with Gasteiger partial charge in [-0.1, -0.05) is 31.2 Å². The zero-order valence-electron chi connectivity index (χ0n) is 21.1. The van der Waals surface area contributed by atoms with Crippen LogP contribution in [0.15, 0.2) is 42.0 Å². The zero-order valence-corrected chi connectivity index (χ0v) is 21.1. The van der Waals surface area contributed by atoms with E-state index in [2.05, 4.69) is 48.7 Å². The number of allylic oxidation sites excluding steroid dienone is 2. The molecule has 1 aliphatic heterocycles. The molecule has 1 N–H and O–H groups in total. The Morgan fingerprint density at radius 2 is 2.00 bits per heavy atom. The highest BCUT2D eigenvalue weighted by molar-refractivity contribution is 5.87. The number of nitrogens with one attached hydrogen (secondary N) is 1. The zero-order chi connectivity index (χ0) is 24.3. The number of hydrogen-bond donors (Lipinski definition) is 1. The van der Waals surface area contributed by atoms with Crippen molar-refractivity contribution < 1.29 is 14.3 Å². The molecule has 188 valence electrons. The number of piperazine rings is 1. The van der Waals surface area contributed by atoms with Gasteiger partial charge in [-0.05, 0) is 91.5 Å². The lowest BCUT2D eigenvalue weighted by molar-refractivity contribution is -0.129. The van der Waals surface area contributed by atoms with E-state index in [4.69, 9.17) is 4.74 Å². The molecule has 1 aromatic rings. The standard InChI is InChI=1S/C25H30O2.C5H10N2O/c1-25-14-13-21-20-10-8-19(27-16-17-5-3-2-4-6-17)15-18(20)7-9-22(21)23(25)11-12-24(25)26;8-5-7-3-1-6-2-4-7/h3,5-6,8,10,15,21-23H,2,4,7,9,11-14,16H2,1H3;5-6H,1-4H2. The number of Topliss-reactive ketones (excluding diaryl/α,β-unsaturated/α-hetero) is 1. The Morgan fingerprint density at radius 3 is 2.74 bits per heavy atom. The van der Waals surface area contributed by atoms with Crippen LogP contribution in [0, 0.1) is 17.3 Å². The molecule has 5 aliphatic rings. The summed E-state index contributed by atoms with van der Waals surface area (Å²) in [5, 5.41) is 3.15. The molecule has 0 bridgehead atoms. The summed E-state index contributed by atoms with van der Waals surface area (Å²) in [5.74, 6) is 3.50. The van der Waals surface area contributed by atoms with Crippen LogP contribution in [-0.2, 0) is 16.0 Å². The molecule has 1 saturated heterocycles. The van der Waals surface area contributed by atoms with Gasteiger partial charge >= 0.3 is 0 Å². The van der Waals surface area contributed by atoms with Gasteiger partial charge < -0.3 is 15.0 Å². The summed E-state index contributed by atoms with van der Waals surface area (Å²) in [7, 11) is 0. The van der Waals surface area contributed by atoms with Crippen LogP contribution < -0.4 is 10.1 Å². The smallest absolute Gasteiger partial charge is 0.209 e. The van der Waals surface area contributed by atoms with Gasteiger partial charge in [0.15, 0.2) is 0 Å². The number of ether oxygens (including phenoxy) is 1. The van der Waals surface area contributed by atoms with Crippen LogP contribution in [0.4, 0.5) is 0 Å². The van der Waals surface area contributed by atoms with Gasteiger partial charge in [0.05, 0.1) is 0 Å². The Morgan fingerprint density at radius 1 is 1.14 bits per heavy atom. The largest absolute Gasteiger partial charge is 0.489 e. The third-order valence-electron chi connectivity index (χ3n) is 9.18. The summed E-state index contributed by atoms with van der Waals surface area (Å²) in [6.07, 6.45) is 16.5. The van der Waals surface area contributed by atoms with E-state index in [-0.39, 0.29) is 5.41 Å². The van der Waals surface area contributed by atoms with E-state index in [0.29, 0.717) is 30.1 Å². The summed E-state index contributed by atoms with van der Waals surface area (Å²) < 4.78 is 6.08. The van der Waals surface area contributed by atoms with Crippen molar-refractivity contribution >= 4 is 12.2 Å². The second kappa shape index (κ2) is 10.7. The molecule has 1 aromatic carbocycles. The first-order valence-corrected chi connectivity index (χ1v) is 13.6. The molecule has 5 nitrogen and oxygen atoms in total. The van der Waals surface area contributed by atoms with Gasteiger partial charge in [-0.25, -0.2) is 0 Å². The minimum Gasteiger partial charge on any atom is -0.489 e. The lowest BCUT2D eigenvalue weighted by Crippen LogP contribution is -2.42. The molecule has 5 heteroatoms. The van der Waals surface area contributed by atoms with Gasteiger partial charge in [-0.2, -0.15) is 0 Å². The van der Waals surface area contributed by atoms with Crippen molar-refractivity contribution in [3.63, 3.8) is 0 Å². The lowest BCUT2D eigenvalue weighted by Gasteiger charge is -2.48. The molecule has 4 atom stereocenters. The van der Waals surface area contributed by atoms with E-state index < -0.39 is 0 Å².